The highest BCUT2D eigenvalue weighted by Crippen LogP contribution is 2.18. The highest BCUT2D eigenvalue weighted by atomic mass is 35.5. The number of nitrogens with one attached hydrogen (secondary N) is 1. The third-order valence-corrected chi connectivity index (χ3v) is 3.19. The van der Waals surface area contributed by atoms with E-state index < -0.39 is 0 Å². The first-order valence-electron chi connectivity index (χ1n) is 6.73. The van der Waals surface area contributed by atoms with Crippen LogP contribution >= 0.6 is 12.4 Å². The van der Waals surface area contributed by atoms with E-state index in [1.807, 2.05) is 37.5 Å². The van der Waals surface area contributed by atoms with Gasteiger partial charge < -0.3 is 5.32 Å². The Hall–Kier alpha value is -1.84. The third-order valence-electron chi connectivity index (χ3n) is 3.19. The normalized spacial score (nSPS) is 11.2. The van der Waals surface area contributed by atoms with Gasteiger partial charge in [0, 0.05) is 18.9 Å². The van der Waals surface area contributed by atoms with Crippen molar-refractivity contribution in [3.05, 3.63) is 54.1 Å². The second-order valence-corrected chi connectivity index (χ2v) is 5.66. The zero-order valence-corrected chi connectivity index (χ0v) is 13.8. The van der Waals surface area contributed by atoms with Gasteiger partial charge in [0.05, 0.1) is 26.8 Å². The van der Waals surface area contributed by atoms with Crippen LogP contribution in [0, 0.1) is 0 Å². The summed E-state index contributed by atoms with van der Waals surface area (Å²) in [6.07, 6.45) is 1.90. The number of rotatable bonds is 4. The summed E-state index contributed by atoms with van der Waals surface area (Å²) in [5, 5.41) is 3.09. The molecule has 0 radical (unpaired) electrons. The maximum atomic E-state index is 4.49. The van der Waals surface area contributed by atoms with Gasteiger partial charge in [-0.05, 0) is 54.1 Å². The summed E-state index contributed by atoms with van der Waals surface area (Å²) in [7, 11) is 8.39. The number of aliphatic imine (C=N–C) groups is 1. The Labute approximate surface area is 133 Å². The van der Waals surface area contributed by atoms with Crippen LogP contribution in [0.1, 0.15) is 5.56 Å². The molecule has 0 aliphatic rings. The molecule has 21 heavy (non-hydrogen) atoms. The number of hydrogen-bond donors (Lipinski definition) is 1. The van der Waals surface area contributed by atoms with Crippen LogP contribution in [0.25, 0.3) is 0 Å². The molecule has 112 valence electrons. The fourth-order valence-electron chi connectivity index (χ4n) is 1.87. The maximum Gasteiger partial charge on any atom is 0.132 e. The lowest BCUT2D eigenvalue weighted by Crippen LogP contribution is -2.34. The van der Waals surface area contributed by atoms with Gasteiger partial charge in [0.1, 0.15) is 5.69 Å². The molecule has 0 aromatic heterocycles. The summed E-state index contributed by atoms with van der Waals surface area (Å²) in [5.74, 6) is 0. The summed E-state index contributed by atoms with van der Waals surface area (Å²) in [4.78, 5) is 4.49. The van der Waals surface area contributed by atoms with Crippen molar-refractivity contribution in [1.29, 1.82) is 0 Å². The van der Waals surface area contributed by atoms with Gasteiger partial charge in [-0.1, -0.05) is 0 Å². The minimum Gasteiger partial charge on any atom is -0.388 e. The van der Waals surface area contributed by atoms with E-state index in [4.69, 9.17) is 0 Å². The highest BCUT2D eigenvalue weighted by molar-refractivity contribution is 5.85. The quantitative estimate of drug-likeness (QED) is 0.667. The third kappa shape index (κ3) is 4.88. The van der Waals surface area contributed by atoms with Crippen molar-refractivity contribution in [2.24, 2.45) is 4.99 Å². The van der Waals surface area contributed by atoms with Gasteiger partial charge in [-0.25, -0.2) is 0 Å². The Kier molecular flexibility index (Phi) is 5.94. The van der Waals surface area contributed by atoms with Crippen LogP contribution in [-0.2, 0) is 0 Å². The monoisotopic (exact) mass is 304 g/mol. The van der Waals surface area contributed by atoms with Gasteiger partial charge in [0.15, 0.2) is 0 Å². The van der Waals surface area contributed by atoms with Gasteiger partial charge in [-0.2, -0.15) is 0 Å². The van der Waals surface area contributed by atoms with Crippen LogP contribution in [0.5, 0.6) is 0 Å². The Morgan fingerprint density at radius 2 is 1.48 bits per heavy atom. The van der Waals surface area contributed by atoms with E-state index in [1.54, 1.807) is 0 Å². The zero-order chi connectivity index (χ0) is 14.6. The van der Waals surface area contributed by atoms with Crippen LogP contribution in [0.4, 0.5) is 17.1 Å². The second kappa shape index (κ2) is 7.25. The molecule has 2 rings (SSSR count). The van der Waals surface area contributed by atoms with Crippen molar-refractivity contribution in [3.8, 4) is 0 Å². The van der Waals surface area contributed by atoms with E-state index in [2.05, 4.69) is 55.7 Å². The summed E-state index contributed by atoms with van der Waals surface area (Å²) in [6, 6.07) is 16.5. The predicted octanol–water partition coefficient (Wildman–Crippen LogP) is 4.10. The molecule has 0 aliphatic carbocycles. The first kappa shape index (κ1) is 17.2. The van der Waals surface area contributed by atoms with Gasteiger partial charge in [-0.15, -0.1) is 12.4 Å². The van der Waals surface area contributed by atoms with Gasteiger partial charge in [0.25, 0.3) is 0 Å². The molecule has 0 unspecified atom stereocenters. The summed E-state index contributed by atoms with van der Waals surface area (Å²) < 4.78 is 0.822. The summed E-state index contributed by atoms with van der Waals surface area (Å²) in [6.45, 7) is 0. The van der Waals surface area contributed by atoms with Gasteiger partial charge in [-0.3, -0.25) is 9.48 Å². The molecule has 1 N–H and O–H groups in total. The van der Waals surface area contributed by atoms with Crippen molar-refractivity contribution in [2.75, 3.05) is 33.5 Å². The van der Waals surface area contributed by atoms with E-state index in [0.29, 0.717) is 0 Å². The molecule has 0 saturated carbocycles. The van der Waals surface area contributed by atoms with Crippen molar-refractivity contribution >= 4 is 35.7 Å². The smallest absolute Gasteiger partial charge is 0.132 e. The van der Waals surface area contributed by atoms with Crippen molar-refractivity contribution in [1.82, 2.24) is 4.48 Å². The molecule has 0 spiro atoms. The minimum atomic E-state index is 0. The number of hydrogen-bond acceptors (Lipinski definition) is 2. The van der Waals surface area contributed by atoms with Crippen molar-refractivity contribution < 1.29 is 0 Å². The van der Waals surface area contributed by atoms with Crippen LogP contribution < -0.4 is 9.80 Å². The highest BCUT2D eigenvalue weighted by Gasteiger charge is 2.10. The molecule has 0 fully saturated rings. The summed E-state index contributed by atoms with van der Waals surface area (Å²) in [5.41, 5.74) is 4.44. The maximum absolute atomic E-state index is 4.49. The molecule has 0 heterocycles. The molecule has 0 aliphatic heterocycles. The number of anilines is 1. The lowest BCUT2D eigenvalue weighted by Gasteiger charge is -2.23. The van der Waals surface area contributed by atoms with Crippen LogP contribution in [-0.4, -0.2) is 34.4 Å². The predicted molar refractivity (Wildman–Crippen MR) is 96.5 cm³/mol. The zero-order valence-electron chi connectivity index (χ0n) is 13.0. The lowest BCUT2D eigenvalue weighted by molar-refractivity contribution is 0.486. The Morgan fingerprint density at radius 1 is 0.905 bits per heavy atom. The van der Waals surface area contributed by atoms with E-state index in [9.17, 15) is 0 Å². The van der Waals surface area contributed by atoms with E-state index in [0.717, 1.165) is 21.4 Å². The van der Waals surface area contributed by atoms with Crippen LogP contribution in [0.3, 0.4) is 0 Å². The van der Waals surface area contributed by atoms with E-state index >= 15 is 0 Å². The van der Waals surface area contributed by atoms with Gasteiger partial charge in [0.2, 0.25) is 0 Å². The Morgan fingerprint density at radius 3 is 1.95 bits per heavy atom. The van der Waals surface area contributed by atoms with Crippen molar-refractivity contribution in [2.45, 2.75) is 0 Å². The molecular formula is C17H23ClN3+. The van der Waals surface area contributed by atoms with Crippen LogP contribution in [0.15, 0.2) is 53.5 Å². The topological polar surface area (TPSA) is 24.4 Å². The first-order chi connectivity index (χ1) is 9.49. The average Bonchev–Trinajstić information content (AvgIpc) is 2.45. The standard InChI is InChI=1S/C17H22N3.ClH/c1-18-15-7-9-16(10-8-15)19-13-14-5-11-17(12-6-14)20(2,3)4;/h5-13,18H,1-4H3;1H/q+1;. The molecule has 3 nitrogen and oxygen atoms in total. The second-order valence-electron chi connectivity index (χ2n) is 5.66. The molecule has 0 atom stereocenters. The Bertz CT molecular complexity index is 581. The molecular weight excluding hydrogens is 282 g/mol. The largest absolute Gasteiger partial charge is 0.388 e. The summed E-state index contributed by atoms with van der Waals surface area (Å²) >= 11 is 0. The van der Waals surface area contributed by atoms with Gasteiger partial charge >= 0.3 is 0 Å². The number of benzene rings is 2. The molecule has 0 saturated heterocycles. The molecule has 0 bridgehead atoms. The average molecular weight is 305 g/mol. The first-order valence-corrected chi connectivity index (χ1v) is 6.73. The van der Waals surface area contributed by atoms with Crippen LogP contribution in [0.2, 0.25) is 0 Å². The number of quaternary nitrogens is 1. The molecule has 4 heteroatoms. The van der Waals surface area contributed by atoms with E-state index in [1.165, 1.54) is 5.69 Å². The molecule has 2 aromatic rings. The van der Waals surface area contributed by atoms with E-state index in [-0.39, 0.29) is 12.4 Å². The lowest BCUT2D eigenvalue weighted by atomic mass is 10.2. The fraction of sp³-hybridized carbons (Fsp3) is 0.235. The molecule has 0 amide bonds. The fourth-order valence-corrected chi connectivity index (χ4v) is 1.87. The SMILES string of the molecule is CNc1ccc(N=Cc2ccc([N+](C)(C)C)cc2)cc1.Cl. The molecule has 2 aromatic carbocycles. The van der Waals surface area contributed by atoms with Crippen molar-refractivity contribution in [3.63, 3.8) is 0 Å². The number of nitrogens with zero attached hydrogens (tertiary/aromatic N) is 2. The Balaban J connectivity index is 0.00000220. The minimum absolute atomic E-state index is 0. The number of halogens is 1.